The van der Waals surface area contributed by atoms with Crippen LogP contribution in [0.15, 0.2) is 60.8 Å². The predicted octanol–water partition coefficient (Wildman–Crippen LogP) is 4.07. The van der Waals surface area contributed by atoms with Crippen LogP contribution in [0, 0.1) is 6.92 Å². The molecule has 3 aromatic rings. The fourth-order valence-corrected chi connectivity index (χ4v) is 2.58. The standard InChI is InChI=1S/C19H18ClN3O/c1-14-4-2-3-5-16(14)13-23-11-10-18(22-23)21-19(24)12-15-6-8-17(20)9-7-15/h2-11H,12-13H2,1H3,(H,21,22,24). The van der Waals surface area contributed by atoms with Crippen molar-refractivity contribution in [2.75, 3.05) is 5.32 Å². The summed E-state index contributed by atoms with van der Waals surface area (Å²) in [4.78, 5) is 12.1. The first-order valence-corrected chi connectivity index (χ1v) is 8.10. The van der Waals surface area contributed by atoms with E-state index < -0.39 is 0 Å². The van der Waals surface area contributed by atoms with Crippen LogP contribution in [0.25, 0.3) is 0 Å². The largest absolute Gasteiger partial charge is 0.309 e. The highest BCUT2D eigenvalue weighted by atomic mass is 35.5. The number of rotatable bonds is 5. The molecular weight excluding hydrogens is 322 g/mol. The van der Waals surface area contributed by atoms with Gasteiger partial charge in [0, 0.05) is 17.3 Å². The molecule has 4 nitrogen and oxygen atoms in total. The Bertz CT molecular complexity index is 840. The van der Waals surface area contributed by atoms with Gasteiger partial charge < -0.3 is 5.32 Å². The predicted molar refractivity (Wildman–Crippen MR) is 96.3 cm³/mol. The molecule has 0 fully saturated rings. The van der Waals surface area contributed by atoms with Gasteiger partial charge in [0.25, 0.3) is 0 Å². The van der Waals surface area contributed by atoms with Crippen molar-refractivity contribution in [3.63, 3.8) is 0 Å². The van der Waals surface area contributed by atoms with Crippen LogP contribution in [0.4, 0.5) is 5.82 Å². The number of halogens is 1. The van der Waals surface area contributed by atoms with Gasteiger partial charge in [-0.3, -0.25) is 9.48 Å². The second kappa shape index (κ2) is 7.32. The number of nitrogens with one attached hydrogen (secondary N) is 1. The summed E-state index contributed by atoms with van der Waals surface area (Å²) in [6.07, 6.45) is 2.16. The molecule has 0 radical (unpaired) electrons. The van der Waals surface area contributed by atoms with Crippen LogP contribution in [-0.4, -0.2) is 15.7 Å². The number of nitrogens with zero attached hydrogens (tertiary/aromatic N) is 2. The first kappa shape index (κ1) is 16.3. The molecule has 0 spiro atoms. The third-order valence-corrected chi connectivity index (χ3v) is 4.03. The smallest absolute Gasteiger partial charge is 0.229 e. The van der Waals surface area contributed by atoms with Gasteiger partial charge in [0.1, 0.15) is 0 Å². The van der Waals surface area contributed by atoms with Gasteiger partial charge in [0.05, 0.1) is 13.0 Å². The van der Waals surface area contributed by atoms with Crippen LogP contribution < -0.4 is 5.32 Å². The molecule has 0 aliphatic heterocycles. The van der Waals surface area contributed by atoms with Gasteiger partial charge in [0.15, 0.2) is 5.82 Å². The Morgan fingerprint density at radius 2 is 1.88 bits per heavy atom. The first-order chi connectivity index (χ1) is 11.6. The van der Waals surface area contributed by atoms with Crippen LogP contribution in [-0.2, 0) is 17.8 Å². The van der Waals surface area contributed by atoms with E-state index in [1.54, 1.807) is 18.2 Å². The monoisotopic (exact) mass is 339 g/mol. The number of aryl methyl sites for hydroxylation is 1. The van der Waals surface area contributed by atoms with Crippen LogP contribution >= 0.6 is 11.6 Å². The summed E-state index contributed by atoms with van der Waals surface area (Å²) in [7, 11) is 0. The topological polar surface area (TPSA) is 46.9 Å². The maximum Gasteiger partial charge on any atom is 0.229 e. The van der Waals surface area contributed by atoms with Gasteiger partial charge in [0.2, 0.25) is 5.91 Å². The lowest BCUT2D eigenvalue weighted by molar-refractivity contribution is -0.115. The molecule has 0 unspecified atom stereocenters. The average molecular weight is 340 g/mol. The molecule has 1 amide bonds. The third-order valence-electron chi connectivity index (χ3n) is 3.78. The molecule has 1 aromatic heterocycles. The van der Waals surface area contributed by atoms with E-state index in [0.29, 0.717) is 23.8 Å². The summed E-state index contributed by atoms with van der Waals surface area (Å²) in [5, 5.41) is 7.89. The Hall–Kier alpha value is -2.59. The zero-order valence-corrected chi connectivity index (χ0v) is 14.1. The number of amides is 1. The number of benzene rings is 2. The maximum absolute atomic E-state index is 12.1. The highest BCUT2D eigenvalue weighted by molar-refractivity contribution is 6.30. The number of hydrogen-bond acceptors (Lipinski definition) is 2. The van der Waals surface area contributed by atoms with Crippen molar-refractivity contribution in [3.05, 3.63) is 82.5 Å². The van der Waals surface area contributed by atoms with Crippen molar-refractivity contribution in [1.82, 2.24) is 9.78 Å². The molecule has 0 aliphatic rings. The zero-order chi connectivity index (χ0) is 16.9. The van der Waals surface area contributed by atoms with E-state index in [1.807, 2.05) is 35.1 Å². The molecule has 0 saturated heterocycles. The van der Waals surface area contributed by atoms with Gasteiger partial charge in [-0.25, -0.2) is 0 Å². The molecule has 0 bridgehead atoms. The zero-order valence-electron chi connectivity index (χ0n) is 13.4. The van der Waals surface area contributed by atoms with Crippen LogP contribution in [0.2, 0.25) is 5.02 Å². The van der Waals surface area contributed by atoms with E-state index >= 15 is 0 Å². The van der Waals surface area contributed by atoms with Crippen LogP contribution in [0.1, 0.15) is 16.7 Å². The Morgan fingerprint density at radius 1 is 1.12 bits per heavy atom. The van der Waals surface area contributed by atoms with E-state index in [4.69, 9.17) is 11.6 Å². The molecule has 0 aliphatic carbocycles. The van der Waals surface area contributed by atoms with Gasteiger partial charge >= 0.3 is 0 Å². The minimum atomic E-state index is -0.0986. The summed E-state index contributed by atoms with van der Waals surface area (Å²) in [6, 6.07) is 17.2. The maximum atomic E-state index is 12.1. The second-order valence-electron chi connectivity index (χ2n) is 5.68. The molecule has 0 saturated carbocycles. The van der Waals surface area contributed by atoms with Gasteiger partial charge in [-0.1, -0.05) is 48.0 Å². The van der Waals surface area contributed by atoms with Crippen LogP contribution in [0.5, 0.6) is 0 Å². The molecule has 122 valence electrons. The Kier molecular flexibility index (Phi) is 4.96. The summed E-state index contributed by atoms with van der Waals surface area (Å²) < 4.78 is 1.82. The number of carbonyl (C=O) groups excluding carboxylic acids is 1. The Morgan fingerprint density at radius 3 is 2.62 bits per heavy atom. The number of hydrogen-bond donors (Lipinski definition) is 1. The van der Waals surface area contributed by atoms with E-state index in [0.717, 1.165) is 5.56 Å². The fourth-order valence-electron chi connectivity index (χ4n) is 2.45. The highest BCUT2D eigenvalue weighted by Crippen LogP contribution is 2.12. The molecule has 24 heavy (non-hydrogen) atoms. The number of aromatic nitrogens is 2. The van der Waals surface area contributed by atoms with Gasteiger partial charge in [-0.2, -0.15) is 5.10 Å². The summed E-state index contributed by atoms with van der Waals surface area (Å²) >= 11 is 5.85. The lowest BCUT2D eigenvalue weighted by atomic mass is 10.1. The lowest BCUT2D eigenvalue weighted by Gasteiger charge is -2.06. The molecular formula is C19H18ClN3O. The summed E-state index contributed by atoms with van der Waals surface area (Å²) in [6.45, 7) is 2.76. The van der Waals surface area contributed by atoms with Crippen molar-refractivity contribution < 1.29 is 4.79 Å². The molecule has 2 aromatic carbocycles. The van der Waals surface area contributed by atoms with Gasteiger partial charge in [-0.15, -0.1) is 0 Å². The molecule has 5 heteroatoms. The Labute approximate surface area is 146 Å². The molecule has 0 atom stereocenters. The van der Waals surface area contributed by atoms with Crippen molar-refractivity contribution in [3.8, 4) is 0 Å². The van der Waals surface area contributed by atoms with Gasteiger partial charge in [-0.05, 0) is 35.7 Å². The van der Waals surface area contributed by atoms with E-state index in [2.05, 4.69) is 29.5 Å². The third kappa shape index (κ3) is 4.24. The first-order valence-electron chi connectivity index (χ1n) is 7.72. The van der Waals surface area contributed by atoms with E-state index in [-0.39, 0.29) is 5.91 Å². The van der Waals surface area contributed by atoms with Crippen molar-refractivity contribution >= 4 is 23.3 Å². The normalized spacial score (nSPS) is 10.6. The van der Waals surface area contributed by atoms with Crippen molar-refractivity contribution in [2.45, 2.75) is 19.9 Å². The quantitative estimate of drug-likeness (QED) is 0.761. The SMILES string of the molecule is Cc1ccccc1Cn1ccc(NC(=O)Cc2ccc(Cl)cc2)n1. The minimum Gasteiger partial charge on any atom is -0.309 e. The average Bonchev–Trinajstić information content (AvgIpc) is 2.99. The number of anilines is 1. The summed E-state index contributed by atoms with van der Waals surface area (Å²) in [5.74, 6) is 0.459. The van der Waals surface area contributed by atoms with E-state index in [9.17, 15) is 4.79 Å². The van der Waals surface area contributed by atoms with Crippen molar-refractivity contribution in [2.24, 2.45) is 0 Å². The highest BCUT2D eigenvalue weighted by Gasteiger charge is 2.07. The molecule has 1 N–H and O–H groups in total. The van der Waals surface area contributed by atoms with E-state index in [1.165, 1.54) is 11.1 Å². The second-order valence-corrected chi connectivity index (χ2v) is 6.11. The lowest BCUT2D eigenvalue weighted by Crippen LogP contribution is -2.15. The molecule has 1 heterocycles. The van der Waals surface area contributed by atoms with Crippen LogP contribution in [0.3, 0.4) is 0 Å². The minimum absolute atomic E-state index is 0.0986. The Balaban J connectivity index is 1.60. The van der Waals surface area contributed by atoms with Crippen molar-refractivity contribution in [1.29, 1.82) is 0 Å². The molecule has 3 rings (SSSR count). The summed E-state index contributed by atoms with van der Waals surface area (Å²) in [5.41, 5.74) is 3.34. The fraction of sp³-hybridized carbons (Fsp3) is 0.158. The number of carbonyl (C=O) groups is 1.